The Kier molecular flexibility index (Phi) is 4.55. The Hall–Kier alpha value is -2.11. The Balaban J connectivity index is 2.00. The lowest BCUT2D eigenvalue weighted by atomic mass is 10.2. The SMILES string of the molecule is C=C(NNC(=O)c1cnccn1)c1ccc(Cl)cc1Cl. The summed E-state index contributed by atoms with van der Waals surface area (Å²) in [5.41, 5.74) is 6.38. The van der Waals surface area contributed by atoms with Gasteiger partial charge in [-0.05, 0) is 18.2 Å². The average Bonchev–Trinajstić information content (AvgIpc) is 2.45. The molecule has 0 aliphatic heterocycles. The molecule has 7 heteroatoms. The maximum Gasteiger partial charge on any atom is 0.289 e. The van der Waals surface area contributed by atoms with Crippen molar-refractivity contribution in [2.75, 3.05) is 0 Å². The number of hydrazine groups is 1. The van der Waals surface area contributed by atoms with Crippen LogP contribution in [0.3, 0.4) is 0 Å². The molecule has 1 heterocycles. The third-order valence-electron chi connectivity index (χ3n) is 2.38. The van der Waals surface area contributed by atoms with E-state index in [2.05, 4.69) is 27.4 Å². The van der Waals surface area contributed by atoms with Crippen molar-refractivity contribution in [2.24, 2.45) is 0 Å². The van der Waals surface area contributed by atoms with Crippen LogP contribution in [0.5, 0.6) is 0 Å². The number of rotatable bonds is 4. The lowest BCUT2D eigenvalue weighted by Crippen LogP contribution is -2.36. The van der Waals surface area contributed by atoms with Gasteiger partial charge in [0, 0.05) is 23.0 Å². The molecule has 102 valence electrons. The normalized spacial score (nSPS) is 9.90. The highest BCUT2D eigenvalue weighted by Crippen LogP contribution is 2.24. The van der Waals surface area contributed by atoms with Gasteiger partial charge in [0.25, 0.3) is 5.91 Å². The van der Waals surface area contributed by atoms with Crippen LogP contribution in [0, 0.1) is 0 Å². The molecule has 0 spiro atoms. The zero-order valence-corrected chi connectivity index (χ0v) is 11.7. The zero-order valence-electron chi connectivity index (χ0n) is 10.2. The van der Waals surface area contributed by atoms with Crippen molar-refractivity contribution in [1.82, 2.24) is 20.8 Å². The number of aromatic nitrogens is 2. The van der Waals surface area contributed by atoms with Crippen LogP contribution in [0.25, 0.3) is 5.70 Å². The third kappa shape index (κ3) is 3.46. The van der Waals surface area contributed by atoms with Crippen LogP contribution in [-0.4, -0.2) is 15.9 Å². The van der Waals surface area contributed by atoms with E-state index in [1.807, 2.05) is 0 Å². The first-order chi connectivity index (χ1) is 9.58. The third-order valence-corrected chi connectivity index (χ3v) is 2.93. The molecule has 0 saturated heterocycles. The predicted octanol–water partition coefficient (Wildman–Crippen LogP) is 2.69. The Labute approximate surface area is 125 Å². The van der Waals surface area contributed by atoms with Crippen molar-refractivity contribution in [3.8, 4) is 0 Å². The van der Waals surface area contributed by atoms with Gasteiger partial charge in [-0.1, -0.05) is 29.8 Å². The molecule has 1 aromatic heterocycles. The first-order valence-electron chi connectivity index (χ1n) is 5.54. The molecule has 0 unspecified atom stereocenters. The van der Waals surface area contributed by atoms with Crippen molar-refractivity contribution in [3.63, 3.8) is 0 Å². The van der Waals surface area contributed by atoms with Crippen LogP contribution in [0.1, 0.15) is 16.1 Å². The van der Waals surface area contributed by atoms with Crippen LogP contribution < -0.4 is 10.9 Å². The van der Waals surface area contributed by atoms with E-state index in [9.17, 15) is 4.79 Å². The molecule has 0 atom stereocenters. The molecule has 0 aliphatic carbocycles. The quantitative estimate of drug-likeness (QED) is 0.852. The molecule has 0 bridgehead atoms. The Morgan fingerprint density at radius 3 is 2.65 bits per heavy atom. The Morgan fingerprint density at radius 1 is 1.20 bits per heavy atom. The van der Waals surface area contributed by atoms with Gasteiger partial charge in [0.15, 0.2) is 0 Å². The fraction of sp³-hybridized carbons (Fsp3) is 0. The number of nitrogens with one attached hydrogen (secondary N) is 2. The van der Waals surface area contributed by atoms with Gasteiger partial charge >= 0.3 is 0 Å². The summed E-state index contributed by atoms with van der Waals surface area (Å²) in [7, 11) is 0. The predicted molar refractivity (Wildman–Crippen MR) is 78.1 cm³/mol. The standard InChI is InChI=1S/C13H10Cl2N4O/c1-8(10-3-2-9(14)6-11(10)15)18-19-13(20)12-7-16-4-5-17-12/h2-7,18H,1H2,(H,19,20). The van der Waals surface area contributed by atoms with Gasteiger partial charge in [0.2, 0.25) is 0 Å². The molecule has 0 fully saturated rings. The fourth-order valence-corrected chi connectivity index (χ4v) is 1.94. The summed E-state index contributed by atoms with van der Waals surface area (Å²) >= 11 is 11.8. The summed E-state index contributed by atoms with van der Waals surface area (Å²) in [5, 5.41) is 0.957. The van der Waals surface area contributed by atoms with E-state index in [1.165, 1.54) is 18.6 Å². The molecule has 2 N–H and O–H groups in total. The van der Waals surface area contributed by atoms with Gasteiger partial charge in [-0.2, -0.15) is 0 Å². The number of benzene rings is 1. The van der Waals surface area contributed by atoms with Crippen LogP contribution >= 0.6 is 23.2 Å². The van der Waals surface area contributed by atoms with E-state index in [-0.39, 0.29) is 5.69 Å². The van der Waals surface area contributed by atoms with Gasteiger partial charge in [0.1, 0.15) is 5.69 Å². The molecule has 2 aromatic rings. The van der Waals surface area contributed by atoms with Crippen molar-refractivity contribution in [3.05, 3.63) is 64.7 Å². The molecular formula is C13H10Cl2N4O. The first-order valence-corrected chi connectivity index (χ1v) is 6.30. The maximum absolute atomic E-state index is 11.7. The van der Waals surface area contributed by atoms with Gasteiger partial charge in [-0.3, -0.25) is 20.6 Å². The molecule has 20 heavy (non-hydrogen) atoms. The monoisotopic (exact) mass is 308 g/mol. The van der Waals surface area contributed by atoms with E-state index in [0.29, 0.717) is 21.3 Å². The minimum atomic E-state index is -0.427. The van der Waals surface area contributed by atoms with Crippen molar-refractivity contribution >= 4 is 34.8 Å². The van der Waals surface area contributed by atoms with Crippen molar-refractivity contribution < 1.29 is 4.79 Å². The second kappa shape index (κ2) is 6.36. The summed E-state index contributed by atoms with van der Waals surface area (Å²) in [6, 6.07) is 4.98. The molecule has 0 saturated carbocycles. The number of hydrogen-bond donors (Lipinski definition) is 2. The summed E-state index contributed by atoms with van der Waals surface area (Å²) in [6.45, 7) is 3.79. The van der Waals surface area contributed by atoms with Gasteiger partial charge in [0.05, 0.1) is 16.9 Å². The second-order valence-electron chi connectivity index (χ2n) is 3.77. The molecule has 1 aromatic carbocycles. The van der Waals surface area contributed by atoms with E-state index in [4.69, 9.17) is 23.2 Å². The minimum Gasteiger partial charge on any atom is -0.298 e. The van der Waals surface area contributed by atoms with Gasteiger partial charge < -0.3 is 0 Å². The highest BCUT2D eigenvalue weighted by Gasteiger charge is 2.09. The van der Waals surface area contributed by atoms with Crippen molar-refractivity contribution in [1.29, 1.82) is 0 Å². The van der Waals surface area contributed by atoms with Crippen LogP contribution in [0.2, 0.25) is 10.0 Å². The second-order valence-corrected chi connectivity index (χ2v) is 4.62. The van der Waals surface area contributed by atoms with Gasteiger partial charge in [-0.25, -0.2) is 4.98 Å². The van der Waals surface area contributed by atoms with Crippen molar-refractivity contribution in [2.45, 2.75) is 0 Å². The lowest BCUT2D eigenvalue weighted by Gasteiger charge is -2.12. The van der Waals surface area contributed by atoms with E-state index >= 15 is 0 Å². The molecular weight excluding hydrogens is 299 g/mol. The number of amides is 1. The number of nitrogens with zero attached hydrogens (tertiary/aromatic N) is 2. The fourth-order valence-electron chi connectivity index (χ4n) is 1.41. The van der Waals surface area contributed by atoms with E-state index in [1.54, 1.807) is 18.2 Å². The molecule has 0 radical (unpaired) electrons. The molecule has 2 rings (SSSR count). The molecule has 5 nitrogen and oxygen atoms in total. The zero-order chi connectivity index (χ0) is 14.5. The van der Waals surface area contributed by atoms with E-state index < -0.39 is 5.91 Å². The summed E-state index contributed by atoms with van der Waals surface area (Å²) in [4.78, 5) is 19.4. The smallest absolute Gasteiger partial charge is 0.289 e. The van der Waals surface area contributed by atoms with Crippen LogP contribution in [0.15, 0.2) is 43.4 Å². The summed E-state index contributed by atoms with van der Waals surface area (Å²) in [5.74, 6) is -0.427. The minimum absolute atomic E-state index is 0.190. The van der Waals surface area contributed by atoms with Gasteiger partial charge in [-0.15, -0.1) is 0 Å². The van der Waals surface area contributed by atoms with Crippen LogP contribution in [0.4, 0.5) is 0 Å². The summed E-state index contributed by atoms with van der Waals surface area (Å²) < 4.78 is 0. The molecule has 0 aliphatic rings. The number of hydrogen-bond acceptors (Lipinski definition) is 4. The van der Waals surface area contributed by atoms with E-state index in [0.717, 1.165) is 0 Å². The highest BCUT2D eigenvalue weighted by atomic mass is 35.5. The van der Waals surface area contributed by atoms with Crippen LogP contribution in [-0.2, 0) is 0 Å². The molecule has 1 amide bonds. The summed E-state index contributed by atoms with van der Waals surface area (Å²) in [6.07, 6.45) is 4.27. The first kappa shape index (κ1) is 14.3. The Morgan fingerprint density at radius 2 is 2.00 bits per heavy atom. The number of carbonyl (C=O) groups is 1. The number of carbonyl (C=O) groups excluding carboxylic acids is 1. The average molecular weight is 309 g/mol. The lowest BCUT2D eigenvalue weighted by molar-refractivity contribution is 0.0937. The highest BCUT2D eigenvalue weighted by molar-refractivity contribution is 6.35. The Bertz CT molecular complexity index is 646. The topological polar surface area (TPSA) is 66.9 Å². The maximum atomic E-state index is 11.7. The number of halogens is 2. The largest absolute Gasteiger partial charge is 0.298 e.